The van der Waals surface area contributed by atoms with Crippen LogP contribution in [0.2, 0.25) is 0 Å². The van der Waals surface area contributed by atoms with Crippen molar-refractivity contribution in [2.75, 3.05) is 13.9 Å². The summed E-state index contributed by atoms with van der Waals surface area (Å²) in [5.74, 6) is -4.75. The van der Waals surface area contributed by atoms with Gasteiger partial charge >= 0.3 is 24.7 Å². The molecule has 10 unspecified atom stereocenters. The van der Waals surface area contributed by atoms with Gasteiger partial charge in [-0.1, -0.05) is 13.8 Å². The molecular weight excluding hydrogens is 588 g/mol. The van der Waals surface area contributed by atoms with Gasteiger partial charge in [-0.3, -0.25) is 0 Å². The predicted octanol–water partition coefficient (Wildman–Crippen LogP) is 7.92. The number of alkyl halides is 12. The highest BCUT2D eigenvalue weighted by molar-refractivity contribution is 5.11. The molecule has 0 aromatic rings. The molecule has 0 radical (unpaired) electrons. The van der Waals surface area contributed by atoms with Gasteiger partial charge in [0.15, 0.2) is 0 Å². The first-order valence-corrected chi connectivity index (χ1v) is 13.6. The molecular formula is C26H34F12O3. The van der Waals surface area contributed by atoms with E-state index in [0.29, 0.717) is 12.8 Å². The summed E-state index contributed by atoms with van der Waals surface area (Å²) in [7, 11) is 0.899. The van der Waals surface area contributed by atoms with E-state index in [1.165, 1.54) is 0 Å². The summed E-state index contributed by atoms with van der Waals surface area (Å²) in [6.45, 7) is 2.33. The molecule has 0 aromatic heterocycles. The molecule has 0 amide bonds. The van der Waals surface area contributed by atoms with Crippen molar-refractivity contribution >= 4 is 0 Å². The average Bonchev–Trinajstić information content (AvgIpc) is 3.53. The predicted molar refractivity (Wildman–Crippen MR) is 119 cm³/mol. The third-order valence-corrected chi connectivity index (χ3v) is 11.1. The summed E-state index contributed by atoms with van der Waals surface area (Å²) in [6, 6.07) is 0. The number of halogens is 12. The van der Waals surface area contributed by atoms with Gasteiger partial charge in [0.2, 0.25) is 0 Å². The Morgan fingerprint density at radius 2 is 1.10 bits per heavy atom. The molecule has 0 heterocycles. The van der Waals surface area contributed by atoms with Gasteiger partial charge in [-0.25, -0.2) is 0 Å². The van der Waals surface area contributed by atoms with Crippen LogP contribution in [0.1, 0.15) is 52.4 Å². The van der Waals surface area contributed by atoms with Crippen molar-refractivity contribution in [2.24, 2.45) is 59.2 Å². The number of ether oxygens (including phenoxy) is 2. The fourth-order valence-corrected chi connectivity index (χ4v) is 9.37. The Morgan fingerprint density at radius 3 is 1.54 bits per heavy atom. The van der Waals surface area contributed by atoms with E-state index < -0.39 is 85.1 Å². The highest BCUT2D eigenvalue weighted by Gasteiger charge is 2.75. The lowest BCUT2D eigenvalue weighted by Crippen LogP contribution is -2.60. The molecule has 4 fully saturated rings. The standard InChI is InChI=1S/C26H34F12O3/c1-11-13-4-15(8-21(39,23(27,28)29)24(30,31)32)18(6-13)20(11)19-12(2)17-7-14(19)5-16(17)9-22(25(33,34)35,26(36,37)38)41-10-40-3/h11-20,39H,4-10H2,1-3H3. The van der Waals surface area contributed by atoms with Crippen molar-refractivity contribution in [2.45, 2.75) is 88.3 Å². The summed E-state index contributed by atoms with van der Waals surface area (Å²) in [6.07, 6.45) is -25.5. The summed E-state index contributed by atoms with van der Waals surface area (Å²) in [4.78, 5) is 0. The Morgan fingerprint density at radius 1 is 0.610 bits per heavy atom. The largest absolute Gasteiger partial charge is 0.426 e. The molecule has 0 spiro atoms. The number of aliphatic hydroxyl groups is 1. The van der Waals surface area contributed by atoms with Crippen LogP contribution in [0.4, 0.5) is 52.7 Å². The van der Waals surface area contributed by atoms with E-state index in [-0.39, 0.29) is 42.4 Å². The molecule has 1 N–H and O–H groups in total. The monoisotopic (exact) mass is 622 g/mol. The first-order valence-electron chi connectivity index (χ1n) is 13.6. The van der Waals surface area contributed by atoms with Gasteiger partial charge in [-0.2, -0.15) is 52.7 Å². The molecule has 4 bridgehead atoms. The Labute approximate surface area is 229 Å². The Balaban J connectivity index is 1.55. The lowest BCUT2D eigenvalue weighted by molar-refractivity contribution is -0.397. The van der Waals surface area contributed by atoms with Crippen LogP contribution in [-0.2, 0) is 9.47 Å². The van der Waals surface area contributed by atoms with Crippen molar-refractivity contribution in [3.05, 3.63) is 0 Å². The van der Waals surface area contributed by atoms with Gasteiger partial charge in [0, 0.05) is 7.11 Å². The van der Waals surface area contributed by atoms with E-state index in [0.717, 1.165) is 7.11 Å². The molecule has 240 valence electrons. The van der Waals surface area contributed by atoms with E-state index in [1.807, 2.05) is 6.92 Å². The quantitative estimate of drug-likeness (QED) is 0.221. The second kappa shape index (κ2) is 10.3. The first-order chi connectivity index (χ1) is 18.5. The number of hydrogen-bond donors (Lipinski definition) is 1. The minimum atomic E-state index is -5.94. The van der Waals surface area contributed by atoms with E-state index >= 15 is 0 Å². The Kier molecular flexibility index (Phi) is 8.28. The molecule has 4 aliphatic rings. The van der Waals surface area contributed by atoms with Crippen LogP contribution >= 0.6 is 0 Å². The highest BCUT2D eigenvalue weighted by Crippen LogP contribution is 2.68. The smallest absolute Gasteiger partial charge is 0.374 e. The Bertz CT molecular complexity index is 912. The van der Waals surface area contributed by atoms with Crippen LogP contribution in [-0.4, -0.2) is 54.9 Å². The van der Waals surface area contributed by atoms with Crippen molar-refractivity contribution in [3.63, 3.8) is 0 Å². The molecule has 4 saturated carbocycles. The van der Waals surface area contributed by atoms with Crippen LogP contribution in [0.25, 0.3) is 0 Å². The van der Waals surface area contributed by atoms with Crippen molar-refractivity contribution in [1.82, 2.24) is 0 Å². The maximum atomic E-state index is 13.9. The fraction of sp³-hybridized carbons (Fsp3) is 1.00. The first kappa shape index (κ1) is 32.9. The minimum Gasteiger partial charge on any atom is -0.374 e. The number of fused-ring (bicyclic) bond motifs is 4. The fourth-order valence-electron chi connectivity index (χ4n) is 9.37. The van der Waals surface area contributed by atoms with E-state index in [9.17, 15) is 57.8 Å². The van der Waals surface area contributed by atoms with Crippen LogP contribution in [0.5, 0.6) is 0 Å². The third-order valence-electron chi connectivity index (χ3n) is 11.1. The van der Waals surface area contributed by atoms with Crippen LogP contribution < -0.4 is 0 Å². The van der Waals surface area contributed by atoms with Crippen LogP contribution in [0.3, 0.4) is 0 Å². The zero-order valence-electron chi connectivity index (χ0n) is 22.5. The summed E-state index contributed by atoms with van der Waals surface area (Å²) >= 11 is 0. The third kappa shape index (κ3) is 5.14. The molecule has 15 heteroatoms. The zero-order chi connectivity index (χ0) is 31.1. The highest BCUT2D eigenvalue weighted by atomic mass is 19.4. The minimum absolute atomic E-state index is 0.0181. The molecule has 4 aliphatic carbocycles. The number of methoxy groups -OCH3 is 1. The average molecular weight is 623 g/mol. The van der Waals surface area contributed by atoms with Crippen molar-refractivity contribution in [3.8, 4) is 0 Å². The second-order valence-corrected chi connectivity index (χ2v) is 12.8. The van der Waals surface area contributed by atoms with Crippen molar-refractivity contribution < 1.29 is 67.3 Å². The van der Waals surface area contributed by atoms with Gasteiger partial charge in [0.1, 0.15) is 6.79 Å². The molecule has 41 heavy (non-hydrogen) atoms. The maximum absolute atomic E-state index is 13.9. The topological polar surface area (TPSA) is 38.7 Å². The summed E-state index contributed by atoms with van der Waals surface area (Å²) in [5.41, 5.74) is -9.31. The lowest BCUT2D eigenvalue weighted by Gasteiger charge is -2.47. The van der Waals surface area contributed by atoms with E-state index in [4.69, 9.17) is 0 Å². The second-order valence-electron chi connectivity index (χ2n) is 12.8. The van der Waals surface area contributed by atoms with Crippen molar-refractivity contribution in [1.29, 1.82) is 0 Å². The molecule has 0 aromatic carbocycles. The lowest BCUT2D eigenvalue weighted by atomic mass is 9.59. The van der Waals surface area contributed by atoms with Crippen LogP contribution in [0.15, 0.2) is 0 Å². The maximum Gasteiger partial charge on any atom is 0.426 e. The normalized spacial score (nSPS) is 38.3. The van der Waals surface area contributed by atoms with E-state index in [2.05, 4.69) is 9.47 Å². The molecule has 3 nitrogen and oxygen atoms in total. The van der Waals surface area contributed by atoms with Gasteiger partial charge in [0.25, 0.3) is 11.2 Å². The summed E-state index contributed by atoms with van der Waals surface area (Å²) in [5, 5.41) is 9.83. The van der Waals surface area contributed by atoms with Gasteiger partial charge < -0.3 is 14.6 Å². The number of hydrogen-bond acceptors (Lipinski definition) is 3. The molecule has 0 aliphatic heterocycles. The Hall–Kier alpha value is -0.960. The van der Waals surface area contributed by atoms with Gasteiger partial charge in [-0.05, 0) is 97.7 Å². The summed E-state index contributed by atoms with van der Waals surface area (Å²) < 4.78 is 173. The number of rotatable bonds is 8. The van der Waals surface area contributed by atoms with Gasteiger partial charge in [0.05, 0.1) is 0 Å². The molecule has 4 rings (SSSR count). The molecule has 0 saturated heterocycles. The van der Waals surface area contributed by atoms with E-state index in [1.54, 1.807) is 6.92 Å². The SMILES string of the molecule is COCOC(CC1CC2CC1C(C)C2C1C(C)C2CC(CC(O)(C(F)(F)F)C(F)(F)F)C1C2)(C(F)(F)F)C(F)(F)F. The molecule has 10 atom stereocenters. The van der Waals surface area contributed by atoms with Crippen LogP contribution in [0, 0.1) is 59.2 Å². The zero-order valence-corrected chi connectivity index (χ0v) is 22.5. The van der Waals surface area contributed by atoms with Gasteiger partial charge in [-0.15, -0.1) is 0 Å².